The molecular weight excluding hydrogens is 456 g/mol. The molecule has 0 fully saturated rings. The summed E-state index contributed by atoms with van der Waals surface area (Å²) < 4.78 is 0. The van der Waals surface area contributed by atoms with Gasteiger partial charge >= 0.3 is 11.9 Å². The molecule has 0 aromatic carbocycles. The Kier molecular flexibility index (Phi) is 12.8. The molecule has 11 N–H and O–H groups in total. The third-order valence-electron chi connectivity index (χ3n) is 4.86. The van der Waals surface area contributed by atoms with Crippen molar-refractivity contribution < 1.29 is 43.8 Å². The number of amides is 5. The number of carbonyl (C=O) groups excluding carboxylic acids is 5. The van der Waals surface area contributed by atoms with Gasteiger partial charge in [-0.3, -0.25) is 28.8 Å². The summed E-state index contributed by atoms with van der Waals surface area (Å²) in [6, 6.07) is -5.88. The first-order valence-electron chi connectivity index (χ1n) is 10.4. The van der Waals surface area contributed by atoms with Crippen molar-refractivity contribution in [3.8, 4) is 0 Å². The molecule has 5 amide bonds. The SMILES string of the molecule is CCC(C)C(NC(=O)C(CC(N)=O)NC(=O)C(CC(N)=O)NC(=O)C(N)CCC(=O)O)C(=O)O. The van der Waals surface area contributed by atoms with Gasteiger partial charge in [0.15, 0.2) is 0 Å². The monoisotopic (exact) mass is 488 g/mol. The molecule has 192 valence electrons. The Hall–Kier alpha value is -3.75. The van der Waals surface area contributed by atoms with Gasteiger partial charge in [-0.1, -0.05) is 20.3 Å². The van der Waals surface area contributed by atoms with Crippen LogP contribution in [0.1, 0.15) is 46.0 Å². The van der Waals surface area contributed by atoms with Crippen LogP contribution < -0.4 is 33.2 Å². The number of primary amides is 2. The van der Waals surface area contributed by atoms with Crippen LogP contribution in [0.5, 0.6) is 0 Å². The van der Waals surface area contributed by atoms with E-state index in [0.29, 0.717) is 6.42 Å². The third kappa shape index (κ3) is 11.2. The maximum atomic E-state index is 12.7. The minimum Gasteiger partial charge on any atom is -0.481 e. The Morgan fingerprint density at radius 2 is 1.24 bits per heavy atom. The van der Waals surface area contributed by atoms with E-state index in [2.05, 4.69) is 16.0 Å². The zero-order valence-electron chi connectivity index (χ0n) is 18.9. The topological polar surface area (TPSA) is 274 Å². The quantitative estimate of drug-likeness (QED) is 0.106. The molecule has 0 aromatic heterocycles. The summed E-state index contributed by atoms with van der Waals surface area (Å²) in [4.78, 5) is 82.4. The Bertz CT molecular complexity index is 803. The maximum Gasteiger partial charge on any atom is 0.326 e. The van der Waals surface area contributed by atoms with Gasteiger partial charge in [0.1, 0.15) is 18.1 Å². The largest absolute Gasteiger partial charge is 0.481 e. The van der Waals surface area contributed by atoms with E-state index in [1.54, 1.807) is 13.8 Å². The lowest BCUT2D eigenvalue weighted by Gasteiger charge is -2.25. The van der Waals surface area contributed by atoms with E-state index < -0.39 is 90.8 Å². The smallest absolute Gasteiger partial charge is 0.326 e. The zero-order chi connectivity index (χ0) is 26.6. The molecular formula is C19H32N6O9. The van der Waals surface area contributed by atoms with Gasteiger partial charge in [0.2, 0.25) is 29.5 Å². The van der Waals surface area contributed by atoms with Crippen LogP contribution in [0.2, 0.25) is 0 Å². The summed E-state index contributed by atoms with van der Waals surface area (Å²) in [5.41, 5.74) is 15.8. The number of nitrogens with two attached hydrogens (primary N) is 3. The normalized spacial score (nSPS) is 15.0. The maximum absolute atomic E-state index is 12.7. The van der Waals surface area contributed by atoms with Crippen molar-refractivity contribution in [1.82, 2.24) is 16.0 Å². The highest BCUT2D eigenvalue weighted by atomic mass is 16.4. The number of hydrogen-bond donors (Lipinski definition) is 8. The van der Waals surface area contributed by atoms with Crippen LogP contribution in [0.4, 0.5) is 0 Å². The van der Waals surface area contributed by atoms with Gasteiger partial charge in [-0.25, -0.2) is 4.79 Å². The number of carboxylic acid groups (broad SMARTS) is 2. The van der Waals surface area contributed by atoms with E-state index in [1.807, 2.05) is 0 Å². The molecule has 0 aliphatic heterocycles. The van der Waals surface area contributed by atoms with E-state index in [1.165, 1.54) is 0 Å². The lowest BCUT2D eigenvalue weighted by molar-refractivity contribution is -0.144. The molecule has 0 spiro atoms. The number of hydrogen-bond acceptors (Lipinski definition) is 8. The van der Waals surface area contributed by atoms with E-state index in [-0.39, 0.29) is 6.42 Å². The van der Waals surface area contributed by atoms with Crippen LogP contribution in [0.25, 0.3) is 0 Å². The lowest BCUT2D eigenvalue weighted by Crippen LogP contribution is -2.58. The average molecular weight is 488 g/mol. The van der Waals surface area contributed by atoms with Crippen LogP contribution in [0.15, 0.2) is 0 Å². The summed E-state index contributed by atoms with van der Waals surface area (Å²) in [7, 11) is 0. The van der Waals surface area contributed by atoms with Gasteiger partial charge in [0, 0.05) is 6.42 Å². The molecule has 0 aliphatic carbocycles. The Morgan fingerprint density at radius 3 is 1.62 bits per heavy atom. The van der Waals surface area contributed by atoms with Gasteiger partial charge < -0.3 is 43.4 Å². The van der Waals surface area contributed by atoms with Crippen molar-refractivity contribution in [1.29, 1.82) is 0 Å². The van der Waals surface area contributed by atoms with Crippen LogP contribution in [-0.4, -0.2) is 75.9 Å². The number of aliphatic carboxylic acids is 2. The van der Waals surface area contributed by atoms with Crippen molar-refractivity contribution in [3.05, 3.63) is 0 Å². The first-order chi connectivity index (χ1) is 15.7. The molecule has 0 radical (unpaired) electrons. The van der Waals surface area contributed by atoms with Crippen LogP contribution in [0.3, 0.4) is 0 Å². The van der Waals surface area contributed by atoms with Crippen molar-refractivity contribution in [3.63, 3.8) is 0 Å². The van der Waals surface area contributed by atoms with Gasteiger partial charge in [0.25, 0.3) is 0 Å². The van der Waals surface area contributed by atoms with Crippen LogP contribution in [-0.2, 0) is 33.6 Å². The number of carbonyl (C=O) groups is 7. The van der Waals surface area contributed by atoms with Crippen molar-refractivity contribution in [2.24, 2.45) is 23.1 Å². The Labute approximate surface area is 195 Å². The molecule has 0 bridgehead atoms. The first kappa shape index (κ1) is 30.2. The molecule has 0 rings (SSSR count). The minimum atomic E-state index is -1.62. The van der Waals surface area contributed by atoms with Gasteiger partial charge in [-0.2, -0.15) is 0 Å². The first-order valence-corrected chi connectivity index (χ1v) is 10.4. The summed E-state index contributed by atoms with van der Waals surface area (Å²) in [5.74, 6) is -8.10. The predicted molar refractivity (Wildman–Crippen MR) is 115 cm³/mol. The molecule has 5 atom stereocenters. The highest BCUT2D eigenvalue weighted by molar-refractivity contribution is 5.97. The number of rotatable bonds is 16. The van der Waals surface area contributed by atoms with E-state index in [0.717, 1.165) is 0 Å². The molecule has 0 saturated carbocycles. The summed E-state index contributed by atoms with van der Waals surface area (Å²) in [6.07, 6.45) is -1.70. The molecule has 0 aliphatic rings. The van der Waals surface area contributed by atoms with Crippen molar-refractivity contribution in [2.45, 2.75) is 70.1 Å². The second-order valence-electron chi connectivity index (χ2n) is 7.71. The van der Waals surface area contributed by atoms with E-state index in [4.69, 9.17) is 22.3 Å². The zero-order valence-corrected chi connectivity index (χ0v) is 18.9. The molecule has 5 unspecified atom stereocenters. The van der Waals surface area contributed by atoms with Crippen molar-refractivity contribution >= 4 is 41.5 Å². The Balaban J connectivity index is 5.56. The van der Waals surface area contributed by atoms with Gasteiger partial charge in [-0.05, 0) is 12.3 Å². The second-order valence-corrected chi connectivity index (χ2v) is 7.71. The highest BCUT2D eigenvalue weighted by Crippen LogP contribution is 2.09. The molecule has 34 heavy (non-hydrogen) atoms. The molecule has 0 aromatic rings. The van der Waals surface area contributed by atoms with Gasteiger partial charge in [0.05, 0.1) is 18.9 Å². The van der Waals surface area contributed by atoms with Crippen LogP contribution in [0, 0.1) is 5.92 Å². The highest BCUT2D eigenvalue weighted by Gasteiger charge is 2.33. The van der Waals surface area contributed by atoms with E-state index in [9.17, 15) is 38.7 Å². The standard InChI is InChI=1S/C19H32N6O9/c1-3-8(2)15(19(33)34)25-18(32)11(7-13(22)27)24-17(31)10(6-12(21)26)23-16(30)9(20)4-5-14(28)29/h8-11,15H,3-7,20H2,1-2H3,(H2,21,26)(H2,22,27)(H,23,30)(H,24,31)(H,25,32)(H,28,29)(H,33,34). The second kappa shape index (κ2) is 14.4. The third-order valence-corrected chi connectivity index (χ3v) is 4.86. The number of carboxylic acids is 2. The summed E-state index contributed by atoms with van der Waals surface area (Å²) in [5, 5.41) is 24.5. The van der Waals surface area contributed by atoms with Gasteiger partial charge in [-0.15, -0.1) is 0 Å². The molecule has 0 saturated heterocycles. The van der Waals surface area contributed by atoms with Crippen LogP contribution >= 0.6 is 0 Å². The molecule has 15 nitrogen and oxygen atoms in total. The Morgan fingerprint density at radius 1 is 0.794 bits per heavy atom. The fraction of sp³-hybridized carbons (Fsp3) is 0.632. The lowest BCUT2D eigenvalue weighted by atomic mass is 9.98. The molecule has 15 heteroatoms. The van der Waals surface area contributed by atoms with E-state index >= 15 is 0 Å². The van der Waals surface area contributed by atoms with Crippen molar-refractivity contribution in [2.75, 3.05) is 0 Å². The summed E-state index contributed by atoms with van der Waals surface area (Å²) >= 11 is 0. The minimum absolute atomic E-state index is 0.259. The number of nitrogens with one attached hydrogen (secondary N) is 3. The fourth-order valence-corrected chi connectivity index (χ4v) is 2.72. The average Bonchev–Trinajstić information content (AvgIpc) is 2.72. The fourth-order valence-electron chi connectivity index (χ4n) is 2.72. The predicted octanol–water partition coefficient (Wildman–Crippen LogP) is -3.49. The summed E-state index contributed by atoms with van der Waals surface area (Å²) in [6.45, 7) is 3.28. The molecule has 0 heterocycles.